The molecule has 0 fully saturated rings. The van der Waals surface area contributed by atoms with Gasteiger partial charge in [0.1, 0.15) is 11.5 Å². The van der Waals surface area contributed by atoms with Gasteiger partial charge in [-0.1, -0.05) is 15.9 Å². The molecular formula is C13H15BrO2S. The maximum Gasteiger partial charge on any atom is 0.138 e. The third-order valence-corrected chi connectivity index (χ3v) is 3.87. The molecule has 1 aromatic rings. The summed E-state index contributed by atoms with van der Waals surface area (Å²) >= 11 is 5.20. The van der Waals surface area contributed by atoms with Crippen molar-refractivity contribution in [1.82, 2.24) is 0 Å². The zero-order valence-electron chi connectivity index (χ0n) is 9.79. The van der Waals surface area contributed by atoms with Gasteiger partial charge in [-0.05, 0) is 29.7 Å². The summed E-state index contributed by atoms with van der Waals surface area (Å²) in [6, 6.07) is 4.08. The Morgan fingerprint density at radius 2 is 2.35 bits per heavy atom. The summed E-state index contributed by atoms with van der Waals surface area (Å²) in [7, 11) is 0. The lowest BCUT2D eigenvalue weighted by Crippen LogP contribution is -2.05. The Bertz CT molecular complexity index is 432. The average Bonchev–Trinajstić information content (AvgIpc) is 2.74. The SMILES string of the molecule is CSCCC(=O)Cc1cc(Br)cc2c1OCC2. The second-order valence-electron chi connectivity index (χ2n) is 4.11. The lowest BCUT2D eigenvalue weighted by molar-refractivity contribution is -0.118. The van der Waals surface area contributed by atoms with Crippen LogP contribution in [0.2, 0.25) is 0 Å². The summed E-state index contributed by atoms with van der Waals surface area (Å²) in [4.78, 5) is 11.8. The molecule has 0 aliphatic carbocycles. The Labute approximate surface area is 114 Å². The van der Waals surface area contributed by atoms with Crippen LogP contribution < -0.4 is 4.74 Å². The van der Waals surface area contributed by atoms with Gasteiger partial charge in [0.2, 0.25) is 0 Å². The predicted octanol–water partition coefficient (Wildman–Crippen LogP) is 3.25. The van der Waals surface area contributed by atoms with Gasteiger partial charge < -0.3 is 4.74 Å². The molecule has 1 aliphatic rings. The molecule has 0 atom stereocenters. The molecular weight excluding hydrogens is 300 g/mol. The van der Waals surface area contributed by atoms with Crippen molar-refractivity contribution < 1.29 is 9.53 Å². The van der Waals surface area contributed by atoms with E-state index in [1.165, 1.54) is 5.56 Å². The number of ether oxygens (including phenoxy) is 1. The topological polar surface area (TPSA) is 26.3 Å². The first kappa shape index (κ1) is 13.0. The lowest BCUT2D eigenvalue weighted by Gasteiger charge is -2.08. The average molecular weight is 315 g/mol. The highest BCUT2D eigenvalue weighted by atomic mass is 79.9. The molecule has 4 heteroatoms. The molecule has 1 aromatic carbocycles. The van der Waals surface area contributed by atoms with Crippen LogP contribution in [-0.4, -0.2) is 24.4 Å². The van der Waals surface area contributed by atoms with E-state index < -0.39 is 0 Å². The van der Waals surface area contributed by atoms with Crippen LogP contribution in [0.4, 0.5) is 0 Å². The Balaban J connectivity index is 2.13. The van der Waals surface area contributed by atoms with E-state index in [1.807, 2.05) is 12.3 Å². The van der Waals surface area contributed by atoms with Gasteiger partial charge in [0.25, 0.3) is 0 Å². The highest BCUT2D eigenvalue weighted by Gasteiger charge is 2.18. The van der Waals surface area contributed by atoms with Crippen molar-refractivity contribution in [3.05, 3.63) is 27.7 Å². The fourth-order valence-corrected chi connectivity index (χ4v) is 2.98. The van der Waals surface area contributed by atoms with Crippen molar-refractivity contribution in [2.24, 2.45) is 0 Å². The summed E-state index contributed by atoms with van der Waals surface area (Å²) in [5, 5.41) is 0. The van der Waals surface area contributed by atoms with E-state index in [-0.39, 0.29) is 5.78 Å². The minimum Gasteiger partial charge on any atom is -0.493 e. The number of halogens is 1. The van der Waals surface area contributed by atoms with E-state index in [9.17, 15) is 4.79 Å². The van der Waals surface area contributed by atoms with E-state index in [0.717, 1.165) is 34.6 Å². The first-order valence-corrected chi connectivity index (χ1v) is 7.84. The van der Waals surface area contributed by atoms with Crippen LogP contribution in [0, 0.1) is 0 Å². The maximum absolute atomic E-state index is 11.8. The van der Waals surface area contributed by atoms with Gasteiger partial charge in [0, 0.05) is 29.3 Å². The number of hydrogen-bond donors (Lipinski definition) is 0. The van der Waals surface area contributed by atoms with Gasteiger partial charge >= 0.3 is 0 Å². The highest BCUT2D eigenvalue weighted by molar-refractivity contribution is 9.10. The first-order chi connectivity index (χ1) is 8.20. The van der Waals surface area contributed by atoms with Crippen LogP contribution in [0.5, 0.6) is 5.75 Å². The van der Waals surface area contributed by atoms with Crippen molar-refractivity contribution in [2.75, 3.05) is 18.6 Å². The number of ketones is 1. The number of fused-ring (bicyclic) bond motifs is 1. The Morgan fingerprint density at radius 1 is 1.53 bits per heavy atom. The fourth-order valence-electron chi connectivity index (χ4n) is 1.99. The third-order valence-electron chi connectivity index (χ3n) is 2.80. The Morgan fingerprint density at radius 3 is 3.12 bits per heavy atom. The van der Waals surface area contributed by atoms with E-state index in [0.29, 0.717) is 12.8 Å². The second kappa shape index (κ2) is 5.91. The molecule has 0 amide bonds. The van der Waals surface area contributed by atoms with Gasteiger partial charge in [-0.25, -0.2) is 0 Å². The third kappa shape index (κ3) is 3.26. The minimum absolute atomic E-state index is 0.287. The molecule has 17 heavy (non-hydrogen) atoms. The highest BCUT2D eigenvalue weighted by Crippen LogP contribution is 2.33. The zero-order valence-corrected chi connectivity index (χ0v) is 12.2. The summed E-state index contributed by atoms with van der Waals surface area (Å²) < 4.78 is 6.65. The summed E-state index contributed by atoms with van der Waals surface area (Å²) in [6.45, 7) is 0.734. The zero-order chi connectivity index (χ0) is 12.3. The van der Waals surface area contributed by atoms with Crippen LogP contribution in [0.1, 0.15) is 17.5 Å². The minimum atomic E-state index is 0.287. The first-order valence-electron chi connectivity index (χ1n) is 5.65. The van der Waals surface area contributed by atoms with Crippen LogP contribution in [0.15, 0.2) is 16.6 Å². The maximum atomic E-state index is 11.8. The molecule has 1 heterocycles. The lowest BCUT2D eigenvalue weighted by atomic mass is 10.0. The van der Waals surface area contributed by atoms with Crippen molar-refractivity contribution >= 4 is 33.5 Å². The van der Waals surface area contributed by atoms with Crippen LogP contribution in [0.25, 0.3) is 0 Å². The number of Topliss-reactive ketones (excluding diaryl/α,β-unsaturated/α-hetero) is 1. The molecule has 0 unspecified atom stereocenters. The van der Waals surface area contributed by atoms with Crippen molar-refractivity contribution in [2.45, 2.75) is 19.3 Å². The van der Waals surface area contributed by atoms with E-state index in [2.05, 4.69) is 22.0 Å². The molecule has 1 aliphatic heterocycles. The fraction of sp³-hybridized carbons (Fsp3) is 0.462. The molecule has 2 rings (SSSR count). The van der Waals surface area contributed by atoms with Crippen LogP contribution >= 0.6 is 27.7 Å². The van der Waals surface area contributed by atoms with Gasteiger partial charge in [-0.3, -0.25) is 4.79 Å². The van der Waals surface area contributed by atoms with E-state index in [1.54, 1.807) is 11.8 Å². The molecule has 2 nitrogen and oxygen atoms in total. The largest absolute Gasteiger partial charge is 0.493 e. The molecule has 0 spiro atoms. The van der Waals surface area contributed by atoms with Gasteiger partial charge in [-0.15, -0.1) is 0 Å². The summed E-state index contributed by atoms with van der Waals surface area (Å²) in [5.74, 6) is 2.12. The second-order valence-corrected chi connectivity index (χ2v) is 6.01. The number of rotatable bonds is 5. The normalized spacial score (nSPS) is 13.3. The number of benzene rings is 1. The van der Waals surface area contributed by atoms with Gasteiger partial charge in [0.15, 0.2) is 0 Å². The molecule has 0 radical (unpaired) electrons. The standard InChI is InChI=1S/C13H15BrO2S/c1-17-5-3-12(15)8-10-7-11(14)6-9-2-4-16-13(9)10/h6-7H,2-5,8H2,1H3. The quantitative estimate of drug-likeness (QED) is 0.834. The van der Waals surface area contributed by atoms with Gasteiger partial charge in [-0.2, -0.15) is 11.8 Å². The monoisotopic (exact) mass is 314 g/mol. The number of thioether (sulfide) groups is 1. The Kier molecular flexibility index (Phi) is 4.51. The summed E-state index contributed by atoms with van der Waals surface area (Å²) in [5.41, 5.74) is 2.24. The van der Waals surface area contributed by atoms with E-state index >= 15 is 0 Å². The van der Waals surface area contributed by atoms with Crippen molar-refractivity contribution in [3.8, 4) is 5.75 Å². The summed E-state index contributed by atoms with van der Waals surface area (Å²) in [6.07, 6.45) is 4.10. The van der Waals surface area contributed by atoms with Gasteiger partial charge in [0.05, 0.1) is 6.61 Å². The molecule has 0 saturated carbocycles. The number of carbonyl (C=O) groups excluding carboxylic acids is 1. The van der Waals surface area contributed by atoms with Crippen molar-refractivity contribution in [1.29, 1.82) is 0 Å². The predicted molar refractivity (Wildman–Crippen MR) is 75.1 cm³/mol. The molecule has 0 aromatic heterocycles. The van der Waals surface area contributed by atoms with Crippen LogP contribution in [0.3, 0.4) is 0 Å². The molecule has 0 bridgehead atoms. The molecule has 0 saturated heterocycles. The Hall–Kier alpha value is -0.480. The van der Waals surface area contributed by atoms with Crippen molar-refractivity contribution in [3.63, 3.8) is 0 Å². The van der Waals surface area contributed by atoms with E-state index in [4.69, 9.17) is 4.74 Å². The number of carbonyl (C=O) groups is 1. The smallest absolute Gasteiger partial charge is 0.138 e. The van der Waals surface area contributed by atoms with Crippen LogP contribution in [-0.2, 0) is 17.6 Å². The molecule has 0 N–H and O–H groups in total. The molecule has 92 valence electrons. The number of hydrogen-bond acceptors (Lipinski definition) is 3.